The van der Waals surface area contributed by atoms with Crippen molar-refractivity contribution in [3.63, 3.8) is 0 Å². The number of carbonyl (C=O) groups is 1. The number of rotatable bonds is 8. The lowest BCUT2D eigenvalue weighted by atomic mass is 10.1. The third-order valence-corrected chi connectivity index (χ3v) is 4.94. The maximum Gasteiger partial charge on any atom is 0.272 e. The van der Waals surface area contributed by atoms with Crippen LogP contribution in [0.4, 0.5) is 5.82 Å². The highest BCUT2D eigenvalue weighted by atomic mass is 16.5. The fraction of sp³-hybridized carbons (Fsp3) is 0.409. The molecular formula is C22H29N5O3. The van der Waals surface area contributed by atoms with E-state index in [2.05, 4.69) is 11.2 Å². The van der Waals surface area contributed by atoms with Crippen LogP contribution in [0.5, 0.6) is 5.75 Å². The molecule has 0 aliphatic rings. The molecule has 0 spiro atoms. The van der Waals surface area contributed by atoms with Crippen molar-refractivity contribution in [2.45, 2.75) is 13.5 Å². The number of hydrogen-bond donors (Lipinski definition) is 0. The van der Waals surface area contributed by atoms with Gasteiger partial charge in [0.2, 0.25) is 0 Å². The lowest BCUT2D eigenvalue weighted by Gasteiger charge is -2.25. The van der Waals surface area contributed by atoms with Crippen molar-refractivity contribution >= 4 is 22.6 Å². The second kappa shape index (κ2) is 9.13. The maximum absolute atomic E-state index is 13.3. The smallest absolute Gasteiger partial charge is 0.272 e. The van der Waals surface area contributed by atoms with E-state index in [9.17, 15) is 4.79 Å². The number of aromatic nitrogens is 3. The number of amides is 1. The van der Waals surface area contributed by atoms with Gasteiger partial charge in [-0.3, -0.25) is 9.48 Å². The highest BCUT2D eigenvalue weighted by Crippen LogP contribution is 2.27. The molecule has 3 rings (SSSR count). The molecule has 0 unspecified atom stereocenters. The van der Waals surface area contributed by atoms with Crippen LogP contribution in [0.1, 0.15) is 21.7 Å². The Morgan fingerprint density at radius 2 is 1.93 bits per heavy atom. The van der Waals surface area contributed by atoms with Crippen molar-refractivity contribution in [1.29, 1.82) is 0 Å². The molecule has 8 heteroatoms. The van der Waals surface area contributed by atoms with Crippen LogP contribution in [0, 0.1) is 6.92 Å². The van der Waals surface area contributed by atoms with E-state index in [1.165, 1.54) is 0 Å². The van der Waals surface area contributed by atoms with Crippen LogP contribution in [-0.4, -0.2) is 67.0 Å². The van der Waals surface area contributed by atoms with Gasteiger partial charge in [-0.15, -0.1) is 0 Å². The number of anilines is 1. The van der Waals surface area contributed by atoms with E-state index >= 15 is 0 Å². The van der Waals surface area contributed by atoms with Crippen molar-refractivity contribution < 1.29 is 14.3 Å². The number of methoxy groups -OCH3 is 2. The molecule has 30 heavy (non-hydrogen) atoms. The molecule has 0 bridgehead atoms. The number of pyridine rings is 1. The molecule has 0 aliphatic carbocycles. The summed E-state index contributed by atoms with van der Waals surface area (Å²) in [5, 5.41) is 5.30. The fourth-order valence-electron chi connectivity index (χ4n) is 3.44. The minimum atomic E-state index is -0.0883. The fourth-order valence-corrected chi connectivity index (χ4v) is 3.44. The number of nitrogens with zero attached hydrogens (tertiary/aromatic N) is 5. The first-order chi connectivity index (χ1) is 14.3. The van der Waals surface area contributed by atoms with E-state index in [0.29, 0.717) is 25.4 Å². The Labute approximate surface area is 177 Å². The summed E-state index contributed by atoms with van der Waals surface area (Å²) in [6.45, 7) is 3.20. The van der Waals surface area contributed by atoms with Gasteiger partial charge in [0.25, 0.3) is 5.91 Å². The molecule has 0 saturated heterocycles. The minimum absolute atomic E-state index is 0.0883. The van der Waals surface area contributed by atoms with Crippen LogP contribution in [0.3, 0.4) is 0 Å². The van der Waals surface area contributed by atoms with Gasteiger partial charge in [0.05, 0.1) is 24.9 Å². The maximum atomic E-state index is 13.3. The molecule has 1 amide bonds. The number of fused-ring (bicyclic) bond motifs is 1. The van der Waals surface area contributed by atoms with Crippen molar-refractivity contribution in [3.05, 3.63) is 47.3 Å². The summed E-state index contributed by atoms with van der Waals surface area (Å²) in [5.41, 5.74) is 3.16. The SMILES string of the molecule is COCCN(Cc1cc2ccc(OC)cc2nc1N(C)C)C(=O)c1cc(C)nn1C. The van der Waals surface area contributed by atoms with E-state index in [0.717, 1.165) is 33.7 Å². The Bertz CT molecular complexity index is 1040. The van der Waals surface area contributed by atoms with Crippen LogP contribution in [0.15, 0.2) is 30.3 Å². The van der Waals surface area contributed by atoms with E-state index in [-0.39, 0.29) is 5.91 Å². The quantitative estimate of drug-likeness (QED) is 0.567. The summed E-state index contributed by atoms with van der Waals surface area (Å²) < 4.78 is 12.2. The summed E-state index contributed by atoms with van der Waals surface area (Å²) in [6.07, 6.45) is 0. The molecule has 0 aliphatic heterocycles. The molecule has 160 valence electrons. The molecule has 1 aromatic carbocycles. The topological polar surface area (TPSA) is 72.7 Å². The van der Waals surface area contributed by atoms with Gasteiger partial charge in [-0.05, 0) is 31.2 Å². The van der Waals surface area contributed by atoms with Crippen LogP contribution in [-0.2, 0) is 18.3 Å². The molecule has 0 atom stereocenters. The molecule has 3 aromatic rings. The molecule has 2 aromatic heterocycles. The van der Waals surface area contributed by atoms with Crippen LogP contribution < -0.4 is 9.64 Å². The van der Waals surface area contributed by atoms with Gasteiger partial charge >= 0.3 is 0 Å². The first-order valence-corrected chi connectivity index (χ1v) is 9.78. The average molecular weight is 412 g/mol. The number of benzene rings is 1. The van der Waals surface area contributed by atoms with Gasteiger partial charge < -0.3 is 19.3 Å². The van der Waals surface area contributed by atoms with Gasteiger partial charge in [0.1, 0.15) is 17.3 Å². The van der Waals surface area contributed by atoms with E-state index < -0.39 is 0 Å². The van der Waals surface area contributed by atoms with Crippen LogP contribution in [0.25, 0.3) is 10.9 Å². The number of carbonyl (C=O) groups excluding carboxylic acids is 1. The van der Waals surface area contributed by atoms with E-state index in [1.54, 1.807) is 36.9 Å². The van der Waals surface area contributed by atoms with Gasteiger partial charge in [-0.1, -0.05) is 0 Å². The largest absolute Gasteiger partial charge is 0.497 e. The zero-order valence-electron chi connectivity index (χ0n) is 18.5. The predicted octanol–water partition coefficient (Wildman–Crippen LogP) is 2.64. The van der Waals surface area contributed by atoms with Gasteiger partial charge in [0.15, 0.2) is 0 Å². The summed E-state index contributed by atoms with van der Waals surface area (Å²) in [6, 6.07) is 9.70. The third-order valence-electron chi connectivity index (χ3n) is 4.94. The second-order valence-electron chi connectivity index (χ2n) is 7.44. The minimum Gasteiger partial charge on any atom is -0.497 e. The Morgan fingerprint density at radius 3 is 2.53 bits per heavy atom. The first kappa shape index (κ1) is 21.6. The zero-order chi connectivity index (χ0) is 21.8. The van der Waals surface area contributed by atoms with Crippen molar-refractivity contribution in [2.24, 2.45) is 7.05 Å². The Morgan fingerprint density at radius 1 is 1.17 bits per heavy atom. The van der Waals surface area contributed by atoms with Gasteiger partial charge in [-0.2, -0.15) is 5.10 Å². The van der Waals surface area contributed by atoms with Crippen molar-refractivity contribution in [1.82, 2.24) is 19.7 Å². The summed E-state index contributed by atoms with van der Waals surface area (Å²) >= 11 is 0. The summed E-state index contributed by atoms with van der Waals surface area (Å²) in [5.74, 6) is 1.48. The second-order valence-corrected chi connectivity index (χ2v) is 7.44. The molecule has 0 N–H and O–H groups in total. The number of hydrogen-bond acceptors (Lipinski definition) is 6. The third kappa shape index (κ3) is 4.54. The van der Waals surface area contributed by atoms with Gasteiger partial charge in [0, 0.05) is 58.4 Å². The monoisotopic (exact) mass is 411 g/mol. The Hall–Kier alpha value is -3.13. The molecule has 0 radical (unpaired) electrons. The summed E-state index contributed by atoms with van der Waals surface area (Å²) in [4.78, 5) is 21.8. The molecular weight excluding hydrogens is 382 g/mol. The van der Waals surface area contributed by atoms with Crippen molar-refractivity contribution in [3.8, 4) is 5.75 Å². The van der Waals surface area contributed by atoms with Crippen LogP contribution in [0.2, 0.25) is 0 Å². The molecule has 0 saturated carbocycles. The van der Waals surface area contributed by atoms with Crippen LogP contribution >= 0.6 is 0 Å². The number of ether oxygens (including phenoxy) is 2. The van der Waals surface area contributed by atoms with E-state index in [1.807, 2.05) is 44.1 Å². The highest BCUT2D eigenvalue weighted by Gasteiger charge is 2.22. The number of aryl methyl sites for hydroxylation is 2. The Balaban J connectivity index is 2.01. The molecule has 8 nitrogen and oxygen atoms in total. The standard InChI is InChI=1S/C22H29N5O3/c1-15-11-20(26(4)24-15)22(28)27(9-10-29-5)14-17-12-16-7-8-18(30-6)13-19(16)23-21(17)25(2)3/h7-8,11-13H,9-10,14H2,1-6H3. The highest BCUT2D eigenvalue weighted by molar-refractivity contribution is 5.93. The first-order valence-electron chi connectivity index (χ1n) is 9.78. The molecule has 0 fully saturated rings. The zero-order valence-corrected chi connectivity index (χ0v) is 18.5. The van der Waals surface area contributed by atoms with Crippen molar-refractivity contribution in [2.75, 3.05) is 46.4 Å². The Kier molecular flexibility index (Phi) is 6.56. The lowest BCUT2D eigenvalue weighted by Crippen LogP contribution is -2.35. The van der Waals surface area contributed by atoms with Gasteiger partial charge in [-0.25, -0.2) is 4.98 Å². The normalized spacial score (nSPS) is 11.0. The van der Waals surface area contributed by atoms with E-state index in [4.69, 9.17) is 14.5 Å². The molecule has 2 heterocycles. The summed E-state index contributed by atoms with van der Waals surface area (Å²) in [7, 11) is 8.95. The predicted molar refractivity (Wildman–Crippen MR) is 117 cm³/mol. The average Bonchev–Trinajstić information content (AvgIpc) is 3.07. The lowest BCUT2D eigenvalue weighted by molar-refractivity contribution is 0.0670.